The Hall–Kier alpha value is -2.34. The summed E-state index contributed by atoms with van der Waals surface area (Å²) in [5.41, 5.74) is 0.589. The number of nitrogens with one attached hydrogen (secondary N) is 1. The zero-order chi connectivity index (χ0) is 18.1. The molecule has 0 spiro atoms. The van der Waals surface area contributed by atoms with E-state index in [0.717, 1.165) is 4.90 Å². The van der Waals surface area contributed by atoms with E-state index in [1.807, 2.05) is 0 Å². The van der Waals surface area contributed by atoms with Crippen LogP contribution < -0.4 is 10.2 Å². The normalized spacial score (nSPS) is 16.4. The molecule has 1 N–H and O–H groups in total. The monoisotopic (exact) mass is 394 g/mol. The Bertz CT molecular complexity index is 923. The van der Waals surface area contributed by atoms with E-state index < -0.39 is 17.8 Å². The highest BCUT2D eigenvalue weighted by Crippen LogP contribution is 2.26. The molecule has 0 bridgehead atoms. The highest BCUT2D eigenvalue weighted by Gasteiger charge is 2.36. The molecule has 1 saturated heterocycles. The van der Waals surface area contributed by atoms with E-state index in [9.17, 15) is 14.4 Å². The Labute approximate surface area is 157 Å². The maximum atomic E-state index is 12.7. The van der Waals surface area contributed by atoms with Crippen molar-refractivity contribution in [1.82, 2.24) is 5.32 Å². The molecule has 0 aromatic heterocycles. The minimum absolute atomic E-state index is 0.201. The van der Waals surface area contributed by atoms with Crippen LogP contribution in [0.2, 0.25) is 15.1 Å². The fourth-order valence-corrected chi connectivity index (χ4v) is 2.68. The lowest BCUT2D eigenvalue weighted by Gasteiger charge is -2.26. The maximum Gasteiger partial charge on any atom is 0.335 e. The van der Waals surface area contributed by atoms with Crippen molar-refractivity contribution in [2.24, 2.45) is 0 Å². The molecular formula is C17H9Cl3N2O3. The van der Waals surface area contributed by atoms with Gasteiger partial charge in [-0.15, -0.1) is 0 Å². The third-order valence-electron chi connectivity index (χ3n) is 3.44. The second kappa shape index (κ2) is 6.88. The summed E-state index contributed by atoms with van der Waals surface area (Å²) in [5, 5.41) is 3.22. The third-order valence-corrected chi connectivity index (χ3v) is 4.43. The van der Waals surface area contributed by atoms with Gasteiger partial charge in [0.1, 0.15) is 5.57 Å². The zero-order valence-electron chi connectivity index (χ0n) is 12.4. The van der Waals surface area contributed by atoms with E-state index in [-0.39, 0.29) is 10.6 Å². The molecule has 0 radical (unpaired) electrons. The third kappa shape index (κ3) is 3.54. The van der Waals surface area contributed by atoms with Crippen LogP contribution in [0.5, 0.6) is 0 Å². The number of carbonyl (C=O) groups is 3. The van der Waals surface area contributed by atoms with Gasteiger partial charge >= 0.3 is 6.03 Å². The number of halogens is 3. The molecule has 0 aliphatic carbocycles. The number of imide groups is 2. The number of benzene rings is 2. The lowest BCUT2D eigenvalue weighted by molar-refractivity contribution is -0.122. The molecule has 1 aliphatic rings. The summed E-state index contributed by atoms with van der Waals surface area (Å²) in [6.07, 6.45) is 1.34. The molecule has 5 nitrogen and oxygen atoms in total. The number of nitrogens with zero attached hydrogens (tertiary/aromatic N) is 1. The quantitative estimate of drug-likeness (QED) is 0.608. The van der Waals surface area contributed by atoms with Gasteiger partial charge in [-0.2, -0.15) is 0 Å². The Morgan fingerprint density at radius 3 is 2.20 bits per heavy atom. The lowest BCUT2D eigenvalue weighted by Crippen LogP contribution is -2.54. The first-order valence-corrected chi connectivity index (χ1v) is 8.12. The van der Waals surface area contributed by atoms with Gasteiger partial charge in [-0.05, 0) is 48.0 Å². The largest absolute Gasteiger partial charge is 0.335 e. The van der Waals surface area contributed by atoms with Gasteiger partial charge in [0, 0.05) is 5.02 Å². The fourth-order valence-electron chi connectivity index (χ4n) is 2.25. The first-order chi connectivity index (χ1) is 11.9. The van der Waals surface area contributed by atoms with Gasteiger partial charge in [-0.3, -0.25) is 14.9 Å². The van der Waals surface area contributed by atoms with E-state index in [1.54, 1.807) is 12.1 Å². The molecule has 2 aromatic carbocycles. The molecule has 3 rings (SSSR count). The van der Waals surface area contributed by atoms with Crippen molar-refractivity contribution < 1.29 is 14.4 Å². The van der Waals surface area contributed by atoms with Gasteiger partial charge in [-0.1, -0.05) is 40.9 Å². The molecule has 4 amide bonds. The summed E-state index contributed by atoms with van der Waals surface area (Å²) >= 11 is 17.6. The first kappa shape index (κ1) is 17.5. The molecule has 0 unspecified atom stereocenters. The first-order valence-electron chi connectivity index (χ1n) is 6.99. The van der Waals surface area contributed by atoms with Crippen molar-refractivity contribution in [3.8, 4) is 0 Å². The van der Waals surface area contributed by atoms with Crippen LogP contribution in [0.1, 0.15) is 5.56 Å². The minimum atomic E-state index is -0.830. The lowest BCUT2D eigenvalue weighted by atomic mass is 10.1. The zero-order valence-corrected chi connectivity index (χ0v) is 14.7. The van der Waals surface area contributed by atoms with E-state index in [0.29, 0.717) is 21.3 Å². The Kier molecular flexibility index (Phi) is 4.81. The average Bonchev–Trinajstić information content (AvgIpc) is 2.56. The van der Waals surface area contributed by atoms with Crippen LogP contribution in [0.3, 0.4) is 0 Å². The van der Waals surface area contributed by atoms with Crippen LogP contribution in [0.15, 0.2) is 48.0 Å². The van der Waals surface area contributed by atoms with Gasteiger partial charge in [0.05, 0.1) is 15.7 Å². The number of hydrogen-bond donors (Lipinski definition) is 1. The summed E-state index contributed by atoms with van der Waals surface area (Å²) in [7, 11) is 0. The number of barbiturate groups is 1. The average molecular weight is 396 g/mol. The van der Waals surface area contributed by atoms with Crippen LogP contribution in [0.25, 0.3) is 6.08 Å². The highest BCUT2D eigenvalue weighted by molar-refractivity contribution is 6.42. The second-order valence-corrected chi connectivity index (χ2v) is 6.36. The van der Waals surface area contributed by atoms with E-state index in [1.165, 1.54) is 36.4 Å². The van der Waals surface area contributed by atoms with Crippen LogP contribution in [-0.4, -0.2) is 17.8 Å². The molecule has 1 fully saturated rings. The Morgan fingerprint density at radius 2 is 1.56 bits per heavy atom. The Morgan fingerprint density at radius 1 is 0.880 bits per heavy atom. The van der Waals surface area contributed by atoms with Crippen molar-refractivity contribution in [3.05, 3.63) is 68.7 Å². The molecule has 1 aliphatic heterocycles. The van der Waals surface area contributed by atoms with Crippen LogP contribution in [-0.2, 0) is 9.59 Å². The summed E-state index contributed by atoms with van der Waals surface area (Å²) in [4.78, 5) is 37.7. The number of hydrogen-bond acceptors (Lipinski definition) is 3. The number of carbonyl (C=O) groups excluding carboxylic acids is 3. The Balaban J connectivity index is 2.01. The molecule has 0 atom stereocenters. The topological polar surface area (TPSA) is 66.5 Å². The molecule has 25 heavy (non-hydrogen) atoms. The van der Waals surface area contributed by atoms with Crippen molar-refractivity contribution in [2.75, 3.05) is 4.90 Å². The van der Waals surface area contributed by atoms with Crippen molar-refractivity contribution in [1.29, 1.82) is 0 Å². The minimum Gasteiger partial charge on any atom is -0.273 e. The molecule has 126 valence electrons. The predicted molar refractivity (Wildman–Crippen MR) is 96.9 cm³/mol. The van der Waals surface area contributed by atoms with Gasteiger partial charge in [0.25, 0.3) is 11.8 Å². The number of amides is 4. The van der Waals surface area contributed by atoms with E-state index in [2.05, 4.69) is 5.32 Å². The van der Waals surface area contributed by atoms with Crippen LogP contribution in [0.4, 0.5) is 10.5 Å². The summed E-state index contributed by atoms with van der Waals surface area (Å²) in [5.74, 6) is -1.53. The van der Waals surface area contributed by atoms with Gasteiger partial charge < -0.3 is 0 Å². The van der Waals surface area contributed by atoms with Crippen molar-refractivity contribution >= 4 is 64.4 Å². The van der Waals surface area contributed by atoms with E-state index in [4.69, 9.17) is 34.8 Å². The smallest absolute Gasteiger partial charge is 0.273 e. The van der Waals surface area contributed by atoms with Crippen LogP contribution in [0, 0.1) is 0 Å². The van der Waals surface area contributed by atoms with Crippen molar-refractivity contribution in [2.45, 2.75) is 0 Å². The van der Waals surface area contributed by atoms with Crippen molar-refractivity contribution in [3.63, 3.8) is 0 Å². The second-order valence-electron chi connectivity index (χ2n) is 5.11. The molecule has 2 aromatic rings. The summed E-state index contributed by atoms with van der Waals surface area (Å²) < 4.78 is 0. The van der Waals surface area contributed by atoms with Gasteiger partial charge in [0.15, 0.2) is 0 Å². The molecule has 8 heteroatoms. The van der Waals surface area contributed by atoms with Crippen LogP contribution >= 0.6 is 34.8 Å². The number of anilines is 1. The van der Waals surface area contributed by atoms with E-state index >= 15 is 0 Å². The molecular weight excluding hydrogens is 387 g/mol. The van der Waals surface area contributed by atoms with Gasteiger partial charge in [0.2, 0.25) is 0 Å². The maximum absolute atomic E-state index is 12.7. The number of urea groups is 1. The SMILES string of the molecule is O=C1NC(=O)N(c2ccc(Cl)cc2)C(=O)/C1=C/c1ccc(Cl)c(Cl)c1. The van der Waals surface area contributed by atoms with Gasteiger partial charge in [-0.25, -0.2) is 9.69 Å². The molecule has 0 saturated carbocycles. The highest BCUT2D eigenvalue weighted by atomic mass is 35.5. The number of rotatable bonds is 2. The summed E-state index contributed by atoms with van der Waals surface area (Å²) in [6, 6.07) is 9.92. The molecule has 1 heterocycles. The fraction of sp³-hybridized carbons (Fsp3) is 0. The summed E-state index contributed by atoms with van der Waals surface area (Å²) in [6.45, 7) is 0. The standard InChI is InChI=1S/C17H9Cl3N2O3/c18-10-2-4-11(5-3-10)22-16(24)12(15(23)21-17(22)25)7-9-1-6-13(19)14(20)8-9/h1-8H,(H,21,23,25)/b12-7+. The predicted octanol–water partition coefficient (Wildman–Crippen LogP) is 4.31.